The Morgan fingerprint density at radius 1 is 1.38 bits per heavy atom. The molecule has 1 aromatic carbocycles. The lowest BCUT2D eigenvalue weighted by molar-refractivity contribution is 0.318. The molecule has 0 unspecified atom stereocenters. The van der Waals surface area contributed by atoms with Crippen LogP contribution in [0, 0.1) is 12.7 Å². The number of benzene rings is 1. The van der Waals surface area contributed by atoms with Crippen molar-refractivity contribution in [1.29, 1.82) is 0 Å². The van der Waals surface area contributed by atoms with Crippen molar-refractivity contribution in [3.8, 4) is 0 Å². The van der Waals surface area contributed by atoms with Gasteiger partial charge in [-0.15, -0.1) is 0 Å². The predicted octanol–water partition coefficient (Wildman–Crippen LogP) is 1.31. The molecule has 2 aromatic rings. The van der Waals surface area contributed by atoms with Crippen LogP contribution in [0.25, 0.3) is 0 Å². The minimum absolute atomic E-state index is 0.120. The lowest BCUT2D eigenvalue weighted by Gasteiger charge is -2.07. The Morgan fingerprint density at radius 2 is 2.19 bits per heavy atom. The van der Waals surface area contributed by atoms with Gasteiger partial charge >= 0.3 is 0 Å². The van der Waals surface area contributed by atoms with E-state index in [-0.39, 0.29) is 5.84 Å². The Hall–Kier alpha value is -2.54. The summed E-state index contributed by atoms with van der Waals surface area (Å²) in [5.74, 6) is 0.166. The summed E-state index contributed by atoms with van der Waals surface area (Å²) in [5, 5.41) is 14.5. The molecule has 0 amide bonds. The van der Waals surface area contributed by atoms with Crippen LogP contribution in [0.5, 0.6) is 0 Å². The van der Waals surface area contributed by atoms with E-state index in [2.05, 4.69) is 20.4 Å². The predicted molar refractivity (Wildman–Crippen MR) is 76.2 cm³/mol. The molecular formula is C14H16FN5O. The number of nitrogens with zero attached hydrogens (tertiary/aromatic N) is 3. The number of oxime groups is 1. The molecule has 0 radical (unpaired) electrons. The topological polar surface area (TPSA) is 96.4 Å². The quantitative estimate of drug-likeness (QED) is 0.334. The van der Waals surface area contributed by atoms with Crippen LogP contribution in [-0.4, -0.2) is 21.0 Å². The summed E-state index contributed by atoms with van der Waals surface area (Å²) in [6.45, 7) is 2.69. The number of aromatic nitrogens is 2. The van der Waals surface area contributed by atoms with Gasteiger partial charge in [0.1, 0.15) is 11.6 Å². The zero-order chi connectivity index (χ0) is 15.2. The van der Waals surface area contributed by atoms with Crippen molar-refractivity contribution in [2.24, 2.45) is 10.9 Å². The van der Waals surface area contributed by atoms with Gasteiger partial charge in [0, 0.05) is 30.4 Å². The maximum Gasteiger partial charge on any atom is 0.170 e. The zero-order valence-corrected chi connectivity index (χ0v) is 11.5. The third-order valence-corrected chi connectivity index (χ3v) is 2.91. The van der Waals surface area contributed by atoms with Crippen LogP contribution in [0.3, 0.4) is 0 Å². The average Bonchev–Trinajstić information content (AvgIpc) is 2.48. The van der Waals surface area contributed by atoms with Gasteiger partial charge in [-0.3, -0.25) is 0 Å². The van der Waals surface area contributed by atoms with E-state index in [1.807, 2.05) is 6.92 Å². The van der Waals surface area contributed by atoms with E-state index in [4.69, 9.17) is 10.9 Å². The lowest BCUT2D eigenvalue weighted by atomic mass is 10.1. The second kappa shape index (κ2) is 6.76. The van der Waals surface area contributed by atoms with Crippen LogP contribution in [0.4, 0.5) is 4.39 Å². The van der Waals surface area contributed by atoms with E-state index >= 15 is 0 Å². The van der Waals surface area contributed by atoms with E-state index in [0.717, 1.165) is 5.69 Å². The summed E-state index contributed by atoms with van der Waals surface area (Å²) in [4.78, 5) is 8.26. The molecule has 6 nitrogen and oxygen atoms in total. The van der Waals surface area contributed by atoms with Crippen LogP contribution >= 0.6 is 0 Å². The third kappa shape index (κ3) is 3.96. The Morgan fingerprint density at radius 3 is 2.86 bits per heavy atom. The molecule has 2 rings (SSSR count). The smallest absolute Gasteiger partial charge is 0.170 e. The molecule has 0 atom stereocenters. The van der Waals surface area contributed by atoms with Crippen LogP contribution in [0.2, 0.25) is 0 Å². The molecule has 1 heterocycles. The first-order valence-corrected chi connectivity index (χ1v) is 6.35. The van der Waals surface area contributed by atoms with Gasteiger partial charge in [-0.25, -0.2) is 14.4 Å². The largest absolute Gasteiger partial charge is 0.409 e. The maximum absolute atomic E-state index is 13.9. The maximum atomic E-state index is 13.9. The van der Waals surface area contributed by atoms with E-state index in [9.17, 15) is 4.39 Å². The molecule has 0 saturated carbocycles. The third-order valence-electron chi connectivity index (χ3n) is 2.91. The fraction of sp³-hybridized carbons (Fsp3) is 0.214. The highest BCUT2D eigenvalue weighted by Crippen LogP contribution is 2.10. The molecule has 0 spiro atoms. The number of rotatable bonds is 5. The summed E-state index contributed by atoms with van der Waals surface area (Å²) >= 11 is 0. The minimum atomic E-state index is -0.412. The van der Waals surface area contributed by atoms with Gasteiger partial charge in [0.25, 0.3) is 0 Å². The summed E-state index contributed by atoms with van der Waals surface area (Å²) in [5.41, 5.74) is 7.08. The Bertz CT molecular complexity index is 660. The van der Waals surface area contributed by atoms with Gasteiger partial charge in [0.2, 0.25) is 0 Å². The summed E-state index contributed by atoms with van der Waals surface area (Å²) < 4.78 is 13.9. The molecule has 1 aromatic heterocycles. The van der Waals surface area contributed by atoms with E-state index < -0.39 is 5.82 Å². The molecule has 7 heteroatoms. The summed E-state index contributed by atoms with van der Waals surface area (Å²) in [6.07, 6.45) is 1.69. The average molecular weight is 289 g/mol. The number of nitrogens with two attached hydrogens (primary N) is 1. The molecule has 0 fully saturated rings. The van der Waals surface area contributed by atoms with Crippen molar-refractivity contribution in [3.05, 3.63) is 58.9 Å². The van der Waals surface area contributed by atoms with E-state index in [1.165, 1.54) is 6.07 Å². The molecule has 0 aliphatic heterocycles. The molecule has 0 saturated heterocycles. The number of amidine groups is 1. The SMILES string of the molecule is Cc1nccc(CNCc2ccc(C(N)=NO)cc2F)n1. The fourth-order valence-electron chi connectivity index (χ4n) is 1.84. The highest BCUT2D eigenvalue weighted by Gasteiger charge is 2.06. The first-order valence-electron chi connectivity index (χ1n) is 6.35. The molecule has 0 aliphatic rings. The molecule has 4 N–H and O–H groups in total. The number of nitrogens with one attached hydrogen (secondary N) is 1. The first kappa shape index (κ1) is 14.9. The molecule has 0 aliphatic carbocycles. The van der Waals surface area contributed by atoms with Gasteiger partial charge in [0.05, 0.1) is 5.69 Å². The van der Waals surface area contributed by atoms with Gasteiger partial charge in [-0.2, -0.15) is 0 Å². The lowest BCUT2D eigenvalue weighted by Crippen LogP contribution is -2.17. The second-order valence-corrected chi connectivity index (χ2v) is 4.49. The number of aryl methyl sites for hydroxylation is 1. The van der Waals surface area contributed by atoms with Crippen LogP contribution < -0.4 is 11.1 Å². The van der Waals surface area contributed by atoms with Gasteiger partial charge < -0.3 is 16.3 Å². The van der Waals surface area contributed by atoms with Crippen LogP contribution in [-0.2, 0) is 13.1 Å². The van der Waals surface area contributed by atoms with Crippen molar-refractivity contribution >= 4 is 5.84 Å². The first-order chi connectivity index (χ1) is 10.1. The molecule has 110 valence electrons. The molecule has 21 heavy (non-hydrogen) atoms. The van der Waals surface area contributed by atoms with Gasteiger partial charge in [-0.05, 0) is 19.1 Å². The Balaban J connectivity index is 1.97. The van der Waals surface area contributed by atoms with Crippen molar-refractivity contribution in [1.82, 2.24) is 15.3 Å². The molecular weight excluding hydrogens is 273 g/mol. The Labute approximate surface area is 121 Å². The standard InChI is InChI=1S/C14H16FN5O/c1-9-18-5-4-12(19-9)8-17-7-11-3-2-10(6-13(11)15)14(16)20-21/h2-6,17,21H,7-8H2,1H3,(H2,16,20). The van der Waals surface area contributed by atoms with Crippen molar-refractivity contribution in [3.63, 3.8) is 0 Å². The monoisotopic (exact) mass is 289 g/mol. The normalized spacial score (nSPS) is 11.6. The van der Waals surface area contributed by atoms with Crippen molar-refractivity contribution in [2.75, 3.05) is 0 Å². The van der Waals surface area contributed by atoms with Gasteiger partial charge in [-0.1, -0.05) is 17.3 Å². The number of hydrogen-bond acceptors (Lipinski definition) is 5. The Kier molecular flexibility index (Phi) is 4.78. The highest BCUT2D eigenvalue weighted by molar-refractivity contribution is 5.97. The minimum Gasteiger partial charge on any atom is -0.409 e. The summed E-state index contributed by atoms with van der Waals surface area (Å²) in [6, 6.07) is 6.24. The second-order valence-electron chi connectivity index (χ2n) is 4.49. The summed E-state index contributed by atoms with van der Waals surface area (Å²) in [7, 11) is 0. The highest BCUT2D eigenvalue weighted by atomic mass is 19.1. The zero-order valence-electron chi connectivity index (χ0n) is 11.5. The van der Waals surface area contributed by atoms with Crippen LogP contribution in [0.15, 0.2) is 35.6 Å². The van der Waals surface area contributed by atoms with Crippen molar-refractivity contribution in [2.45, 2.75) is 20.0 Å². The van der Waals surface area contributed by atoms with E-state index in [0.29, 0.717) is 30.0 Å². The van der Waals surface area contributed by atoms with Crippen LogP contribution in [0.1, 0.15) is 22.6 Å². The molecule has 0 bridgehead atoms. The number of hydrogen-bond donors (Lipinski definition) is 3. The number of halogens is 1. The van der Waals surface area contributed by atoms with E-state index in [1.54, 1.807) is 24.4 Å². The fourth-order valence-corrected chi connectivity index (χ4v) is 1.84. The van der Waals surface area contributed by atoms with Gasteiger partial charge in [0.15, 0.2) is 5.84 Å². The van der Waals surface area contributed by atoms with Crippen molar-refractivity contribution < 1.29 is 9.60 Å².